The number of rotatable bonds is 10. The topological polar surface area (TPSA) is 3.24 Å². The van der Waals surface area contributed by atoms with Gasteiger partial charge in [0.05, 0.1) is 0 Å². The molecule has 0 atom stereocenters. The monoisotopic (exact) mass is 877 g/mol. The van der Waals surface area contributed by atoms with Crippen LogP contribution in [0.5, 0.6) is 0 Å². The van der Waals surface area contributed by atoms with Gasteiger partial charge in [-0.15, -0.1) is 0 Å². The van der Waals surface area contributed by atoms with E-state index in [9.17, 15) is 0 Å². The average molecular weight is 878 g/mol. The Bertz CT molecular complexity index is 3620. The summed E-state index contributed by atoms with van der Waals surface area (Å²) in [6.07, 6.45) is 4.41. The first-order valence-electron chi connectivity index (χ1n) is 23.7. The van der Waals surface area contributed by atoms with E-state index < -0.39 is 0 Å². The molecule has 0 spiro atoms. The second kappa shape index (κ2) is 18.3. The third-order valence-corrected chi connectivity index (χ3v) is 13.5. The smallest absolute Gasteiger partial charge is 0.0462 e. The van der Waals surface area contributed by atoms with Crippen molar-refractivity contribution in [3.8, 4) is 55.6 Å². The van der Waals surface area contributed by atoms with Crippen molar-refractivity contribution in [1.82, 2.24) is 0 Å². The first-order chi connectivity index (χ1) is 34.2. The van der Waals surface area contributed by atoms with Gasteiger partial charge in [0, 0.05) is 17.1 Å². The van der Waals surface area contributed by atoms with Crippen molar-refractivity contribution < 1.29 is 0 Å². The SMILES string of the molecule is C(=Cc1ccc(-c2c3ccccc3c(-c3ccc(N(c4ccc(-c5ccccc5)cc4)c4ccc(-c5ccccc5)cc4)cc3)c3ccccc23)cc1)c1ccc(-c2ccc3ccccc3c2)cc1. The molecule has 0 radical (unpaired) electrons. The van der Waals surface area contributed by atoms with Crippen LogP contribution in [0, 0.1) is 0 Å². The van der Waals surface area contributed by atoms with E-state index in [-0.39, 0.29) is 0 Å². The molecular formula is C68H47N. The molecule has 0 aliphatic heterocycles. The molecule has 12 aromatic rings. The molecule has 0 aliphatic rings. The molecule has 0 saturated heterocycles. The standard InChI is InChI=1S/C68H47N/c1-3-13-50(14-4-1)53-35-41-60(42-36-53)69(61-43-37-54(38-44-61)51-15-5-2-6-16-51)62-45-39-57(40-46-62)68-65-21-11-9-19-63(65)67(64-20-10-12-22-66(64)68)56-31-27-49(28-32-56)24-23-48-25-29-55(30-26-48)59-34-33-52-17-7-8-18-58(52)47-59/h1-47H. The second-order valence-corrected chi connectivity index (χ2v) is 17.7. The van der Waals surface area contributed by atoms with Crippen LogP contribution in [0.3, 0.4) is 0 Å². The molecule has 324 valence electrons. The zero-order chi connectivity index (χ0) is 45.9. The van der Waals surface area contributed by atoms with Gasteiger partial charge in [-0.05, 0) is 142 Å². The van der Waals surface area contributed by atoms with Gasteiger partial charge in [0.25, 0.3) is 0 Å². The molecule has 1 nitrogen and oxygen atoms in total. The highest BCUT2D eigenvalue weighted by atomic mass is 15.1. The highest BCUT2D eigenvalue weighted by Gasteiger charge is 2.18. The van der Waals surface area contributed by atoms with Crippen LogP contribution >= 0.6 is 0 Å². The lowest BCUT2D eigenvalue weighted by Gasteiger charge is -2.26. The van der Waals surface area contributed by atoms with Crippen LogP contribution in [0.2, 0.25) is 0 Å². The summed E-state index contributed by atoms with van der Waals surface area (Å²) in [5.74, 6) is 0. The lowest BCUT2D eigenvalue weighted by atomic mass is 9.86. The maximum Gasteiger partial charge on any atom is 0.0462 e. The predicted molar refractivity (Wildman–Crippen MR) is 296 cm³/mol. The van der Waals surface area contributed by atoms with E-state index >= 15 is 0 Å². The van der Waals surface area contributed by atoms with Crippen LogP contribution in [0.25, 0.3) is 100 Å². The molecule has 0 unspecified atom stereocenters. The molecule has 0 aliphatic carbocycles. The highest BCUT2D eigenvalue weighted by molar-refractivity contribution is 6.21. The number of fused-ring (bicyclic) bond motifs is 3. The normalized spacial score (nSPS) is 11.4. The van der Waals surface area contributed by atoms with Gasteiger partial charge >= 0.3 is 0 Å². The Morgan fingerprint density at radius 1 is 0.217 bits per heavy atom. The summed E-state index contributed by atoms with van der Waals surface area (Å²) < 4.78 is 0. The number of hydrogen-bond acceptors (Lipinski definition) is 1. The highest BCUT2D eigenvalue weighted by Crippen LogP contribution is 2.45. The van der Waals surface area contributed by atoms with Crippen molar-refractivity contribution in [2.75, 3.05) is 4.90 Å². The molecule has 0 aromatic heterocycles. The molecule has 0 amide bonds. The Labute approximate surface area is 404 Å². The Kier molecular flexibility index (Phi) is 11.0. The minimum Gasteiger partial charge on any atom is -0.311 e. The van der Waals surface area contributed by atoms with Gasteiger partial charge in [-0.25, -0.2) is 0 Å². The number of anilines is 3. The average Bonchev–Trinajstić information content (AvgIpc) is 3.43. The van der Waals surface area contributed by atoms with E-state index in [1.54, 1.807) is 0 Å². The van der Waals surface area contributed by atoms with Crippen molar-refractivity contribution in [3.63, 3.8) is 0 Å². The van der Waals surface area contributed by atoms with Crippen molar-refractivity contribution in [1.29, 1.82) is 0 Å². The summed E-state index contributed by atoms with van der Waals surface area (Å²) in [6, 6.07) is 99.0. The summed E-state index contributed by atoms with van der Waals surface area (Å²) in [6.45, 7) is 0. The first kappa shape index (κ1) is 41.4. The van der Waals surface area contributed by atoms with E-state index in [2.05, 4.69) is 290 Å². The molecule has 0 N–H and O–H groups in total. The van der Waals surface area contributed by atoms with Crippen molar-refractivity contribution in [2.45, 2.75) is 0 Å². The largest absolute Gasteiger partial charge is 0.311 e. The van der Waals surface area contributed by atoms with Gasteiger partial charge in [-0.2, -0.15) is 0 Å². The Morgan fingerprint density at radius 2 is 0.522 bits per heavy atom. The van der Waals surface area contributed by atoms with Gasteiger partial charge < -0.3 is 4.90 Å². The zero-order valence-electron chi connectivity index (χ0n) is 38.1. The Morgan fingerprint density at radius 3 is 0.957 bits per heavy atom. The quantitative estimate of drug-likeness (QED) is 0.0977. The van der Waals surface area contributed by atoms with Gasteiger partial charge in [-0.3, -0.25) is 0 Å². The first-order valence-corrected chi connectivity index (χ1v) is 23.7. The fraction of sp³-hybridized carbons (Fsp3) is 0. The molecule has 0 fully saturated rings. The molecule has 0 saturated carbocycles. The number of nitrogens with zero attached hydrogens (tertiary/aromatic N) is 1. The van der Waals surface area contributed by atoms with E-state index in [4.69, 9.17) is 0 Å². The number of benzene rings is 12. The fourth-order valence-corrected chi connectivity index (χ4v) is 9.95. The molecule has 69 heavy (non-hydrogen) atoms. The fourth-order valence-electron chi connectivity index (χ4n) is 9.95. The minimum atomic E-state index is 1.09. The molecular weight excluding hydrogens is 831 g/mol. The van der Waals surface area contributed by atoms with Crippen LogP contribution in [0.15, 0.2) is 273 Å². The van der Waals surface area contributed by atoms with Crippen LogP contribution < -0.4 is 4.90 Å². The lowest BCUT2D eigenvalue weighted by molar-refractivity contribution is 1.28. The summed E-state index contributed by atoms with van der Waals surface area (Å²) in [7, 11) is 0. The van der Waals surface area contributed by atoms with Crippen molar-refractivity contribution in [2.24, 2.45) is 0 Å². The Hall–Kier alpha value is -9.04. The van der Waals surface area contributed by atoms with E-state index in [0.717, 1.165) is 22.6 Å². The van der Waals surface area contributed by atoms with Crippen molar-refractivity contribution >= 4 is 61.5 Å². The van der Waals surface area contributed by atoms with Crippen molar-refractivity contribution in [3.05, 3.63) is 284 Å². The molecule has 12 rings (SSSR count). The summed E-state index contributed by atoms with van der Waals surface area (Å²) in [5.41, 5.74) is 17.8. The molecule has 0 bridgehead atoms. The molecule has 0 heterocycles. The zero-order valence-corrected chi connectivity index (χ0v) is 38.1. The van der Waals surface area contributed by atoms with Gasteiger partial charge in [0.15, 0.2) is 0 Å². The molecule has 1 heteroatoms. The van der Waals surface area contributed by atoms with Gasteiger partial charge in [0.1, 0.15) is 0 Å². The van der Waals surface area contributed by atoms with E-state index in [1.807, 2.05) is 0 Å². The van der Waals surface area contributed by atoms with Gasteiger partial charge in [-0.1, -0.05) is 243 Å². The Balaban J connectivity index is 0.863. The maximum atomic E-state index is 2.36. The summed E-state index contributed by atoms with van der Waals surface area (Å²) >= 11 is 0. The third kappa shape index (κ3) is 8.28. The van der Waals surface area contributed by atoms with Crippen LogP contribution in [0.1, 0.15) is 11.1 Å². The van der Waals surface area contributed by atoms with E-state index in [1.165, 1.54) is 93.5 Å². The second-order valence-electron chi connectivity index (χ2n) is 17.7. The maximum absolute atomic E-state index is 2.36. The summed E-state index contributed by atoms with van der Waals surface area (Å²) in [4.78, 5) is 2.36. The minimum absolute atomic E-state index is 1.09. The molecule has 12 aromatic carbocycles. The third-order valence-electron chi connectivity index (χ3n) is 13.5. The summed E-state index contributed by atoms with van der Waals surface area (Å²) in [5, 5.41) is 7.47. The van der Waals surface area contributed by atoms with Crippen LogP contribution in [-0.4, -0.2) is 0 Å². The van der Waals surface area contributed by atoms with Crippen LogP contribution in [0.4, 0.5) is 17.1 Å². The van der Waals surface area contributed by atoms with Gasteiger partial charge in [0.2, 0.25) is 0 Å². The lowest BCUT2D eigenvalue weighted by Crippen LogP contribution is -2.09. The predicted octanol–water partition coefficient (Wildman–Crippen LogP) is 19.1. The van der Waals surface area contributed by atoms with E-state index in [0.29, 0.717) is 0 Å². The number of hydrogen-bond donors (Lipinski definition) is 0. The van der Waals surface area contributed by atoms with Crippen LogP contribution in [-0.2, 0) is 0 Å².